The molecule has 0 saturated heterocycles. The molecule has 1 aliphatic carbocycles. The number of aryl methyl sites for hydroxylation is 1. The van der Waals surface area contributed by atoms with Gasteiger partial charge >= 0.3 is 0 Å². The second-order valence-electron chi connectivity index (χ2n) is 6.43. The largest absolute Gasteiger partial charge is 0.469 e. The zero-order valence-corrected chi connectivity index (χ0v) is 11.7. The molecule has 1 aromatic heterocycles. The molecule has 1 aliphatic rings. The average molecular weight is 235 g/mol. The predicted octanol–water partition coefficient (Wildman–Crippen LogP) is 3.57. The zero-order chi connectivity index (χ0) is 12.6. The van der Waals surface area contributed by atoms with Crippen LogP contribution in [-0.4, -0.2) is 13.1 Å². The number of rotatable bonds is 5. The summed E-state index contributed by atoms with van der Waals surface area (Å²) in [5.41, 5.74) is 1.68. The van der Waals surface area contributed by atoms with Gasteiger partial charge in [-0.3, -0.25) is 0 Å². The lowest BCUT2D eigenvalue weighted by atomic mass is 10.1. The Bertz CT molecular complexity index is 378. The SMILES string of the molecule is Cc1ccoc1C1C(CNCC(C)C)C1(C)C. The fraction of sp³-hybridized carbons (Fsp3) is 0.733. The lowest BCUT2D eigenvalue weighted by Gasteiger charge is -2.07. The van der Waals surface area contributed by atoms with Crippen molar-refractivity contribution in [3.63, 3.8) is 0 Å². The van der Waals surface area contributed by atoms with Gasteiger partial charge in [0.15, 0.2) is 0 Å². The lowest BCUT2D eigenvalue weighted by Crippen LogP contribution is -2.23. The van der Waals surface area contributed by atoms with Gasteiger partial charge in [-0.05, 0) is 48.9 Å². The first-order valence-electron chi connectivity index (χ1n) is 6.69. The van der Waals surface area contributed by atoms with Gasteiger partial charge in [0.2, 0.25) is 0 Å². The third kappa shape index (κ3) is 2.42. The molecule has 0 spiro atoms. The second-order valence-corrected chi connectivity index (χ2v) is 6.43. The average Bonchev–Trinajstić information content (AvgIpc) is 2.57. The molecule has 1 heterocycles. The molecular formula is C15H25NO. The first-order chi connectivity index (χ1) is 7.94. The minimum absolute atomic E-state index is 0.382. The van der Waals surface area contributed by atoms with Crippen molar-refractivity contribution in [3.8, 4) is 0 Å². The van der Waals surface area contributed by atoms with Crippen molar-refractivity contribution >= 4 is 0 Å². The molecule has 0 aliphatic heterocycles. The van der Waals surface area contributed by atoms with Crippen molar-refractivity contribution in [2.75, 3.05) is 13.1 Å². The standard InChI is InChI=1S/C15H25NO/c1-10(2)8-16-9-12-13(15(12,4)5)14-11(3)6-7-17-14/h6-7,10,12-13,16H,8-9H2,1-5H3. The van der Waals surface area contributed by atoms with Crippen molar-refractivity contribution in [2.45, 2.75) is 40.5 Å². The van der Waals surface area contributed by atoms with Gasteiger partial charge in [0.05, 0.1) is 6.26 Å². The highest BCUT2D eigenvalue weighted by atomic mass is 16.3. The summed E-state index contributed by atoms with van der Waals surface area (Å²) in [6.07, 6.45) is 1.82. The van der Waals surface area contributed by atoms with E-state index in [0.29, 0.717) is 17.3 Å². The first-order valence-corrected chi connectivity index (χ1v) is 6.69. The quantitative estimate of drug-likeness (QED) is 0.844. The Labute approximate surface area is 105 Å². The minimum Gasteiger partial charge on any atom is -0.469 e. The fourth-order valence-electron chi connectivity index (χ4n) is 2.88. The highest BCUT2D eigenvalue weighted by molar-refractivity contribution is 5.30. The molecule has 1 fully saturated rings. The molecule has 2 heteroatoms. The van der Waals surface area contributed by atoms with E-state index >= 15 is 0 Å². The van der Waals surface area contributed by atoms with Crippen LogP contribution < -0.4 is 5.32 Å². The molecule has 1 N–H and O–H groups in total. The van der Waals surface area contributed by atoms with E-state index in [9.17, 15) is 0 Å². The maximum absolute atomic E-state index is 5.65. The smallest absolute Gasteiger partial charge is 0.110 e. The van der Waals surface area contributed by atoms with E-state index in [2.05, 4.69) is 46.0 Å². The molecule has 0 amide bonds. The minimum atomic E-state index is 0.382. The van der Waals surface area contributed by atoms with Crippen molar-refractivity contribution in [3.05, 3.63) is 23.7 Å². The summed E-state index contributed by atoms with van der Waals surface area (Å²) in [6, 6.07) is 2.07. The van der Waals surface area contributed by atoms with Gasteiger partial charge in [-0.1, -0.05) is 27.7 Å². The predicted molar refractivity (Wildman–Crippen MR) is 71.2 cm³/mol. The summed E-state index contributed by atoms with van der Waals surface area (Å²) in [5.74, 6) is 3.23. The van der Waals surface area contributed by atoms with Crippen LogP contribution in [0.3, 0.4) is 0 Å². The summed E-state index contributed by atoms with van der Waals surface area (Å²) in [4.78, 5) is 0. The Hall–Kier alpha value is -0.760. The van der Waals surface area contributed by atoms with Crippen LogP contribution in [0.4, 0.5) is 0 Å². The van der Waals surface area contributed by atoms with E-state index < -0.39 is 0 Å². The summed E-state index contributed by atoms with van der Waals surface area (Å²) in [6.45, 7) is 13.6. The van der Waals surface area contributed by atoms with Crippen LogP contribution in [0.1, 0.15) is 44.9 Å². The van der Waals surface area contributed by atoms with E-state index in [1.807, 2.05) is 6.26 Å². The fourth-order valence-corrected chi connectivity index (χ4v) is 2.88. The zero-order valence-electron chi connectivity index (χ0n) is 11.7. The summed E-state index contributed by atoms with van der Waals surface area (Å²) in [5, 5.41) is 3.57. The summed E-state index contributed by atoms with van der Waals surface area (Å²) >= 11 is 0. The lowest BCUT2D eigenvalue weighted by molar-refractivity contribution is 0.478. The van der Waals surface area contributed by atoms with Crippen LogP contribution in [0.2, 0.25) is 0 Å². The summed E-state index contributed by atoms with van der Waals surface area (Å²) < 4.78 is 5.65. The Morgan fingerprint density at radius 1 is 1.41 bits per heavy atom. The van der Waals surface area contributed by atoms with E-state index in [4.69, 9.17) is 4.42 Å². The Morgan fingerprint density at radius 2 is 2.12 bits per heavy atom. The first kappa shape index (κ1) is 12.7. The van der Waals surface area contributed by atoms with Gasteiger partial charge in [-0.15, -0.1) is 0 Å². The van der Waals surface area contributed by atoms with Crippen molar-refractivity contribution in [1.29, 1.82) is 0 Å². The van der Waals surface area contributed by atoms with Gasteiger partial charge in [0.25, 0.3) is 0 Å². The van der Waals surface area contributed by atoms with Crippen LogP contribution in [0.15, 0.2) is 16.7 Å². The van der Waals surface area contributed by atoms with Gasteiger partial charge in [0, 0.05) is 5.92 Å². The number of nitrogens with one attached hydrogen (secondary N) is 1. The molecule has 0 aromatic carbocycles. The molecule has 17 heavy (non-hydrogen) atoms. The molecule has 96 valence electrons. The van der Waals surface area contributed by atoms with E-state index in [0.717, 1.165) is 19.0 Å². The monoisotopic (exact) mass is 235 g/mol. The summed E-state index contributed by atoms with van der Waals surface area (Å²) in [7, 11) is 0. The van der Waals surface area contributed by atoms with Gasteiger partial charge < -0.3 is 9.73 Å². The molecule has 2 atom stereocenters. The molecule has 1 aromatic rings. The van der Waals surface area contributed by atoms with Crippen molar-refractivity contribution < 1.29 is 4.42 Å². The van der Waals surface area contributed by atoms with E-state index in [-0.39, 0.29) is 0 Å². The van der Waals surface area contributed by atoms with Crippen LogP contribution >= 0.6 is 0 Å². The molecule has 0 bridgehead atoms. The third-order valence-corrected chi connectivity index (χ3v) is 4.15. The van der Waals surface area contributed by atoms with Gasteiger partial charge in [-0.25, -0.2) is 0 Å². The van der Waals surface area contributed by atoms with Crippen LogP contribution in [0.25, 0.3) is 0 Å². The number of hydrogen-bond donors (Lipinski definition) is 1. The Kier molecular flexibility index (Phi) is 3.35. The van der Waals surface area contributed by atoms with Crippen LogP contribution in [0, 0.1) is 24.2 Å². The Balaban J connectivity index is 1.95. The molecule has 2 unspecified atom stereocenters. The Morgan fingerprint density at radius 3 is 2.65 bits per heavy atom. The normalized spacial score (nSPS) is 26.5. The van der Waals surface area contributed by atoms with E-state index in [1.165, 1.54) is 11.3 Å². The molecule has 1 saturated carbocycles. The number of hydrogen-bond acceptors (Lipinski definition) is 2. The number of furan rings is 1. The molecule has 0 radical (unpaired) electrons. The van der Waals surface area contributed by atoms with Crippen molar-refractivity contribution in [1.82, 2.24) is 5.32 Å². The van der Waals surface area contributed by atoms with Crippen molar-refractivity contribution in [2.24, 2.45) is 17.3 Å². The maximum atomic E-state index is 5.65. The van der Waals surface area contributed by atoms with Gasteiger partial charge in [0.1, 0.15) is 5.76 Å². The highest BCUT2D eigenvalue weighted by Crippen LogP contribution is 2.64. The molecule has 2 nitrogen and oxygen atoms in total. The third-order valence-electron chi connectivity index (χ3n) is 4.15. The second kappa shape index (κ2) is 4.49. The highest BCUT2D eigenvalue weighted by Gasteiger charge is 2.59. The van der Waals surface area contributed by atoms with Crippen LogP contribution in [0.5, 0.6) is 0 Å². The molecule has 2 rings (SSSR count). The van der Waals surface area contributed by atoms with Gasteiger partial charge in [-0.2, -0.15) is 0 Å². The topological polar surface area (TPSA) is 25.2 Å². The van der Waals surface area contributed by atoms with E-state index in [1.54, 1.807) is 0 Å². The molecular weight excluding hydrogens is 210 g/mol. The van der Waals surface area contributed by atoms with Crippen LogP contribution in [-0.2, 0) is 0 Å². The maximum Gasteiger partial charge on any atom is 0.110 e.